The summed E-state index contributed by atoms with van der Waals surface area (Å²) >= 11 is 0. The van der Waals surface area contributed by atoms with E-state index in [-0.39, 0.29) is 0 Å². The number of aryl methyl sites for hydroxylation is 1. The predicted molar refractivity (Wildman–Crippen MR) is 113 cm³/mol. The Morgan fingerprint density at radius 1 is 0.720 bits per heavy atom. The molecule has 0 spiro atoms. The van der Waals surface area contributed by atoms with E-state index in [2.05, 4.69) is 63.2 Å². The maximum Gasteiger partial charge on any atom is 0.304 e. The lowest BCUT2D eigenvalue weighted by Gasteiger charge is -2.04. The largest absolute Gasteiger partial charge is 0.399 e. The van der Waals surface area contributed by atoms with E-state index < -0.39 is 10.0 Å². The van der Waals surface area contributed by atoms with Crippen molar-refractivity contribution in [2.75, 3.05) is 13.2 Å². The zero-order chi connectivity index (χ0) is 18.2. The number of benzene rings is 2. The fourth-order valence-electron chi connectivity index (χ4n) is 2.69. The maximum absolute atomic E-state index is 5.43. The van der Waals surface area contributed by atoms with Gasteiger partial charge in [-0.05, 0) is 35.6 Å². The van der Waals surface area contributed by atoms with E-state index in [1.165, 1.54) is 54.9 Å². The van der Waals surface area contributed by atoms with Gasteiger partial charge in [-0.1, -0.05) is 88.9 Å². The smallest absolute Gasteiger partial charge is 0.304 e. The van der Waals surface area contributed by atoms with Gasteiger partial charge in [-0.2, -0.15) is 0 Å². The van der Waals surface area contributed by atoms with E-state index in [1.54, 1.807) is 0 Å². The second-order valence-corrected chi connectivity index (χ2v) is 7.39. The highest BCUT2D eigenvalue weighted by Gasteiger charge is 1.95. The molecule has 2 nitrogen and oxygen atoms in total. The summed E-state index contributed by atoms with van der Waals surface area (Å²) in [6.45, 7) is 8.43. The second-order valence-electron chi connectivity index (χ2n) is 6.34. The molecule has 2 aromatic rings. The van der Waals surface area contributed by atoms with Crippen LogP contribution in [0.2, 0.25) is 0 Å². The molecule has 25 heavy (non-hydrogen) atoms. The Labute approximate surface area is 157 Å². The van der Waals surface area contributed by atoms with Gasteiger partial charge in [-0.3, -0.25) is 0 Å². The van der Waals surface area contributed by atoms with Crippen LogP contribution in [0.15, 0.2) is 42.5 Å². The van der Waals surface area contributed by atoms with Crippen LogP contribution in [0, 0.1) is 0 Å². The number of unbranched alkanes of at least 4 members (excludes halogenated alkanes) is 4. The molecular weight excluding hydrogens is 324 g/mol. The van der Waals surface area contributed by atoms with Crippen molar-refractivity contribution in [3.63, 3.8) is 0 Å². The Morgan fingerprint density at radius 3 is 1.92 bits per heavy atom. The molecular formula is C22H36O2Si. The third-order valence-electron chi connectivity index (χ3n) is 4.21. The van der Waals surface area contributed by atoms with Crippen LogP contribution in [-0.4, -0.2) is 23.2 Å². The van der Waals surface area contributed by atoms with Gasteiger partial charge in [0.2, 0.25) is 0 Å². The predicted octanol–water partition coefficient (Wildman–Crippen LogP) is 5.80. The first-order valence-corrected chi connectivity index (χ1v) is 11.1. The molecule has 0 heterocycles. The number of fused-ring (bicyclic) bond motifs is 1. The van der Waals surface area contributed by atoms with Crippen molar-refractivity contribution in [2.24, 2.45) is 0 Å². The summed E-state index contributed by atoms with van der Waals surface area (Å²) in [5, 5.41) is 2.74. The molecule has 0 aromatic heterocycles. The van der Waals surface area contributed by atoms with Gasteiger partial charge < -0.3 is 8.85 Å². The summed E-state index contributed by atoms with van der Waals surface area (Å²) in [5.41, 5.74) is 1.44. The van der Waals surface area contributed by atoms with Gasteiger partial charge in [0.05, 0.1) is 0 Å². The Bertz CT molecular complexity index is 541. The molecule has 0 unspecified atom stereocenters. The van der Waals surface area contributed by atoms with Gasteiger partial charge in [-0.25, -0.2) is 0 Å². The Morgan fingerprint density at radius 2 is 1.32 bits per heavy atom. The first-order valence-electron chi connectivity index (χ1n) is 9.95. The summed E-state index contributed by atoms with van der Waals surface area (Å²) in [5.74, 6) is 0. The normalized spacial score (nSPS) is 10.5. The van der Waals surface area contributed by atoms with Gasteiger partial charge in [0.15, 0.2) is 0 Å². The molecule has 0 aliphatic carbocycles. The van der Waals surface area contributed by atoms with E-state index in [9.17, 15) is 0 Å². The van der Waals surface area contributed by atoms with Gasteiger partial charge in [0.25, 0.3) is 0 Å². The van der Waals surface area contributed by atoms with Gasteiger partial charge in [-0.15, -0.1) is 0 Å². The third-order valence-corrected chi connectivity index (χ3v) is 5.12. The van der Waals surface area contributed by atoms with Crippen molar-refractivity contribution in [1.82, 2.24) is 0 Å². The lowest BCUT2D eigenvalue weighted by molar-refractivity contribution is 0.214. The van der Waals surface area contributed by atoms with E-state index in [0.29, 0.717) is 0 Å². The molecule has 0 radical (unpaired) electrons. The number of hydrogen-bond acceptors (Lipinski definition) is 2. The lowest BCUT2D eigenvalue weighted by atomic mass is 10.0. The zero-order valence-corrected chi connectivity index (χ0v) is 17.8. The minimum atomic E-state index is -0.645. The monoisotopic (exact) mass is 360 g/mol. The minimum Gasteiger partial charge on any atom is -0.399 e. The molecule has 0 fully saturated rings. The van der Waals surface area contributed by atoms with Crippen LogP contribution in [0.5, 0.6) is 0 Å². The van der Waals surface area contributed by atoms with Gasteiger partial charge >= 0.3 is 10.0 Å². The van der Waals surface area contributed by atoms with Gasteiger partial charge in [0, 0.05) is 13.2 Å². The summed E-state index contributed by atoms with van der Waals surface area (Å²) in [4.78, 5) is 0. The molecule has 0 saturated heterocycles. The second kappa shape index (κ2) is 15.1. The molecule has 0 saturated carbocycles. The SMILES string of the molecule is CCCCCO[SiH2]OCCCCC.CCc1cccc2ccccc12. The highest BCUT2D eigenvalue weighted by molar-refractivity contribution is 6.17. The average Bonchev–Trinajstić information content (AvgIpc) is 2.67. The Hall–Kier alpha value is -1.16. The van der Waals surface area contributed by atoms with E-state index in [0.717, 1.165) is 19.6 Å². The summed E-state index contributed by atoms with van der Waals surface area (Å²) in [6.07, 6.45) is 8.60. The fourth-order valence-corrected chi connectivity index (χ4v) is 3.45. The average molecular weight is 361 g/mol. The first kappa shape index (κ1) is 21.9. The quantitative estimate of drug-likeness (QED) is 0.372. The van der Waals surface area contributed by atoms with Crippen molar-refractivity contribution < 1.29 is 8.85 Å². The van der Waals surface area contributed by atoms with Crippen LogP contribution in [0.25, 0.3) is 10.8 Å². The fraction of sp³-hybridized carbons (Fsp3) is 0.545. The van der Waals surface area contributed by atoms with Crippen LogP contribution in [0.1, 0.15) is 64.9 Å². The van der Waals surface area contributed by atoms with Crippen molar-refractivity contribution >= 4 is 20.8 Å². The van der Waals surface area contributed by atoms with Crippen LogP contribution >= 0.6 is 0 Å². The molecule has 2 aromatic carbocycles. The highest BCUT2D eigenvalue weighted by Crippen LogP contribution is 2.18. The molecule has 3 heteroatoms. The van der Waals surface area contributed by atoms with E-state index >= 15 is 0 Å². The molecule has 0 bridgehead atoms. The van der Waals surface area contributed by atoms with Crippen molar-refractivity contribution in [1.29, 1.82) is 0 Å². The standard InChI is InChI=1S/C12H12.C10H24O2Si/c1-2-10-7-5-8-11-6-3-4-9-12(10)11;1-3-5-7-9-11-13-12-10-8-6-4-2/h3-9H,2H2,1H3;3-10,13H2,1-2H3. The lowest BCUT2D eigenvalue weighted by Crippen LogP contribution is -2.06. The van der Waals surface area contributed by atoms with E-state index in [1.807, 2.05) is 0 Å². The van der Waals surface area contributed by atoms with Crippen LogP contribution in [0.3, 0.4) is 0 Å². The van der Waals surface area contributed by atoms with Crippen molar-refractivity contribution in [3.05, 3.63) is 48.0 Å². The zero-order valence-electron chi connectivity index (χ0n) is 16.4. The van der Waals surface area contributed by atoms with E-state index in [4.69, 9.17) is 8.85 Å². The molecule has 140 valence electrons. The minimum absolute atomic E-state index is 0.645. The highest BCUT2D eigenvalue weighted by atomic mass is 28.3. The van der Waals surface area contributed by atoms with Gasteiger partial charge in [0.1, 0.15) is 0 Å². The third kappa shape index (κ3) is 9.78. The molecule has 0 N–H and O–H groups in total. The Kier molecular flexibility index (Phi) is 13.2. The summed E-state index contributed by atoms with van der Waals surface area (Å²) in [7, 11) is -0.645. The van der Waals surface area contributed by atoms with Crippen LogP contribution < -0.4 is 0 Å². The number of hydrogen-bond donors (Lipinski definition) is 0. The Balaban J connectivity index is 0.000000250. The summed E-state index contributed by atoms with van der Waals surface area (Å²) in [6, 6.07) is 15.0. The van der Waals surface area contributed by atoms with Crippen molar-refractivity contribution in [3.8, 4) is 0 Å². The summed E-state index contributed by atoms with van der Waals surface area (Å²) < 4.78 is 10.9. The molecule has 0 amide bonds. The topological polar surface area (TPSA) is 18.5 Å². The molecule has 0 atom stereocenters. The van der Waals surface area contributed by atoms with Crippen LogP contribution in [0.4, 0.5) is 0 Å². The maximum atomic E-state index is 5.43. The molecule has 0 aliphatic heterocycles. The first-order chi connectivity index (χ1) is 12.3. The number of rotatable bonds is 11. The molecule has 2 rings (SSSR count). The van der Waals surface area contributed by atoms with Crippen LogP contribution in [-0.2, 0) is 15.3 Å². The molecule has 0 aliphatic rings. The van der Waals surface area contributed by atoms with Crippen molar-refractivity contribution in [2.45, 2.75) is 65.7 Å².